The Morgan fingerprint density at radius 2 is 1.96 bits per heavy atom. The Balaban J connectivity index is 1.27. The summed E-state index contributed by atoms with van der Waals surface area (Å²) in [5, 5.41) is 3.04. The Bertz CT molecular complexity index is 673. The number of carbonyl (C=O) groups is 2. The van der Waals surface area contributed by atoms with Crippen LogP contribution in [-0.4, -0.2) is 60.9 Å². The lowest BCUT2D eigenvalue weighted by Gasteiger charge is -2.48. The van der Waals surface area contributed by atoms with Crippen LogP contribution in [0.1, 0.15) is 48.9 Å². The molecule has 2 heterocycles. The number of benzene rings is 1. The van der Waals surface area contributed by atoms with Gasteiger partial charge in [-0.25, -0.2) is 0 Å². The first-order valence-corrected chi connectivity index (χ1v) is 10.5. The molecule has 1 aliphatic carbocycles. The highest BCUT2D eigenvalue weighted by molar-refractivity contribution is 5.94. The van der Waals surface area contributed by atoms with Gasteiger partial charge in [0.15, 0.2) is 0 Å². The Morgan fingerprint density at radius 1 is 1.15 bits per heavy atom. The molecule has 1 aromatic rings. The van der Waals surface area contributed by atoms with E-state index in [2.05, 4.69) is 15.1 Å². The zero-order valence-corrected chi connectivity index (χ0v) is 16.2. The van der Waals surface area contributed by atoms with Gasteiger partial charge in [0.25, 0.3) is 5.91 Å². The van der Waals surface area contributed by atoms with Crippen LogP contribution >= 0.6 is 0 Å². The minimum absolute atomic E-state index is 0.00111. The Morgan fingerprint density at radius 3 is 2.74 bits per heavy atom. The van der Waals surface area contributed by atoms with E-state index in [1.165, 1.54) is 25.7 Å². The number of piperidine rings is 2. The Labute approximate surface area is 162 Å². The molecule has 0 bridgehead atoms. The fourth-order valence-electron chi connectivity index (χ4n) is 4.73. The predicted molar refractivity (Wildman–Crippen MR) is 105 cm³/mol. The standard InChI is InChI=1S/C22H31N3O2/c26-20-9-11-22(17-25(20)15-18-7-8-18)10-4-13-24(16-22)14-12-23-21(27)19-5-2-1-3-6-19/h1-3,5-6,18H,4,7-17H2,(H,23,27)/t22-/m1/s1. The second kappa shape index (κ2) is 8.01. The fraction of sp³-hybridized carbons (Fsp3) is 0.636. The van der Waals surface area contributed by atoms with Gasteiger partial charge in [-0.2, -0.15) is 0 Å². The molecule has 1 spiro atoms. The normalized spacial score (nSPS) is 26.4. The summed E-state index contributed by atoms with van der Waals surface area (Å²) in [6.45, 7) is 5.64. The van der Waals surface area contributed by atoms with Crippen LogP contribution in [0.3, 0.4) is 0 Å². The molecule has 146 valence electrons. The van der Waals surface area contributed by atoms with E-state index in [-0.39, 0.29) is 11.3 Å². The van der Waals surface area contributed by atoms with E-state index in [0.717, 1.165) is 45.1 Å². The van der Waals surface area contributed by atoms with Crippen LogP contribution in [0.5, 0.6) is 0 Å². The van der Waals surface area contributed by atoms with E-state index in [1.807, 2.05) is 30.3 Å². The van der Waals surface area contributed by atoms with E-state index in [0.29, 0.717) is 24.4 Å². The smallest absolute Gasteiger partial charge is 0.251 e. The topological polar surface area (TPSA) is 52.7 Å². The quantitative estimate of drug-likeness (QED) is 0.838. The van der Waals surface area contributed by atoms with Gasteiger partial charge in [-0.05, 0) is 56.7 Å². The molecule has 5 heteroatoms. The number of hydrogen-bond acceptors (Lipinski definition) is 3. The summed E-state index contributed by atoms with van der Waals surface area (Å²) in [7, 11) is 0. The van der Waals surface area contributed by atoms with Crippen LogP contribution in [0.25, 0.3) is 0 Å². The molecule has 3 fully saturated rings. The molecule has 1 saturated carbocycles. The summed E-state index contributed by atoms with van der Waals surface area (Å²) in [6.07, 6.45) is 6.76. The average Bonchev–Trinajstić information content (AvgIpc) is 3.50. The summed E-state index contributed by atoms with van der Waals surface area (Å²) in [4.78, 5) is 29.1. The number of carbonyl (C=O) groups excluding carboxylic acids is 2. The van der Waals surface area contributed by atoms with Crippen molar-refractivity contribution in [1.29, 1.82) is 0 Å². The molecule has 2 saturated heterocycles. The highest BCUT2D eigenvalue weighted by Crippen LogP contribution is 2.40. The number of nitrogens with zero attached hydrogens (tertiary/aromatic N) is 2. The molecule has 0 unspecified atom stereocenters. The predicted octanol–water partition coefficient (Wildman–Crippen LogP) is 2.53. The van der Waals surface area contributed by atoms with Crippen molar-refractivity contribution >= 4 is 11.8 Å². The van der Waals surface area contributed by atoms with Gasteiger partial charge in [0, 0.05) is 50.1 Å². The first-order chi connectivity index (χ1) is 13.1. The summed E-state index contributed by atoms with van der Waals surface area (Å²) < 4.78 is 0. The fourth-order valence-corrected chi connectivity index (χ4v) is 4.73. The van der Waals surface area contributed by atoms with Crippen molar-refractivity contribution in [3.05, 3.63) is 35.9 Å². The third-order valence-corrected chi connectivity index (χ3v) is 6.41. The number of rotatable bonds is 6. The molecule has 1 N–H and O–H groups in total. The van der Waals surface area contributed by atoms with Crippen molar-refractivity contribution < 1.29 is 9.59 Å². The highest BCUT2D eigenvalue weighted by Gasteiger charge is 2.42. The number of hydrogen-bond donors (Lipinski definition) is 1. The van der Waals surface area contributed by atoms with Gasteiger partial charge >= 0.3 is 0 Å². The lowest BCUT2D eigenvalue weighted by molar-refractivity contribution is -0.139. The van der Waals surface area contributed by atoms with Gasteiger partial charge < -0.3 is 15.1 Å². The first-order valence-electron chi connectivity index (χ1n) is 10.5. The SMILES string of the molecule is O=C(NCCN1CCC[C@@]2(CCC(=O)N(CC3CC3)C2)C1)c1ccccc1. The first kappa shape index (κ1) is 18.5. The van der Waals surface area contributed by atoms with Gasteiger partial charge in [-0.1, -0.05) is 18.2 Å². The maximum absolute atomic E-state index is 12.3. The molecule has 2 amide bonds. The third-order valence-electron chi connectivity index (χ3n) is 6.41. The molecule has 2 aliphatic heterocycles. The third kappa shape index (κ3) is 4.70. The molecule has 0 radical (unpaired) electrons. The van der Waals surface area contributed by atoms with E-state index in [4.69, 9.17) is 0 Å². The molecule has 1 aromatic carbocycles. The van der Waals surface area contributed by atoms with Crippen molar-refractivity contribution in [2.24, 2.45) is 11.3 Å². The van der Waals surface area contributed by atoms with Crippen molar-refractivity contribution in [2.45, 2.75) is 38.5 Å². The molecule has 0 aromatic heterocycles. The molecule has 1 atom stereocenters. The van der Waals surface area contributed by atoms with E-state index >= 15 is 0 Å². The largest absolute Gasteiger partial charge is 0.351 e. The molecule has 5 nitrogen and oxygen atoms in total. The summed E-state index contributed by atoms with van der Waals surface area (Å²) in [6, 6.07) is 9.39. The molecular weight excluding hydrogens is 338 g/mol. The van der Waals surface area contributed by atoms with Gasteiger partial charge in [-0.3, -0.25) is 9.59 Å². The zero-order chi connectivity index (χ0) is 18.7. The van der Waals surface area contributed by atoms with Crippen LogP contribution in [0.2, 0.25) is 0 Å². The van der Waals surface area contributed by atoms with Crippen LogP contribution in [0.4, 0.5) is 0 Å². The Kier molecular flexibility index (Phi) is 5.48. The number of nitrogens with one attached hydrogen (secondary N) is 1. The lowest BCUT2D eigenvalue weighted by atomic mass is 9.73. The minimum Gasteiger partial charge on any atom is -0.351 e. The van der Waals surface area contributed by atoms with Crippen LogP contribution < -0.4 is 5.32 Å². The summed E-state index contributed by atoms with van der Waals surface area (Å²) in [5.41, 5.74) is 0.985. The summed E-state index contributed by atoms with van der Waals surface area (Å²) >= 11 is 0. The second-order valence-electron chi connectivity index (χ2n) is 8.72. The highest BCUT2D eigenvalue weighted by atomic mass is 16.2. The van der Waals surface area contributed by atoms with Gasteiger partial charge in [-0.15, -0.1) is 0 Å². The van der Waals surface area contributed by atoms with Gasteiger partial charge in [0.05, 0.1) is 0 Å². The Hall–Kier alpha value is -1.88. The van der Waals surface area contributed by atoms with Crippen LogP contribution in [-0.2, 0) is 4.79 Å². The zero-order valence-electron chi connectivity index (χ0n) is 16.2. The van der Waals surface area contributed by atoms with E-state index in [9.17, 15) is 9.59 Å². The maximum Gasteiger partial charge on any atom is 0.251 e. The average molecular weight is 370 g/mol. The monoisotopic (exact) mass is 369 g/mol. The maximum atomic E-state index is 12.3. The van der Waals surface area contributed by atoms with Crippen molar-refractivity contribution in [1.82, 2.24) is 15.1 Å². The second-order valence-corrected chi connectivity index (χ2v) is 8.72. The van der Waals surface area contributed by atoms with Gasteiger partial charge in [0.1, 0.15) is 0 Å². The van der Waals surface area contributed by atoms with Crippen LogP contribution in [0, 0.1) is 11.3 Å². The van der Waals surface area contributed by atoms with E-state index < -0.39 is 0 Å². The summed E-state index contributed by atoms with van der Waals surface area (Å²) in [5.74, 6) is 1.12. The van der Waals surface area contributed by atoms with Crippen molar-refractivity contribution in [2.75, 3.05) is 39.3 Å². The number of amides is 2. The molecule has 4 rings (SSSR count). The lowest BCUT2D eigenvalue weighted by Crippen LogP contribution is -2.55. The van der Waals surface area contributed by atoms with Crippen LogP contribution in [0.15, 0.2) is 30.3 Å². The molecular formula is C22H31N3O2. The molecule has 27 heavy (non-hydrogen) atoms. The van der Waals surface area contributed by atoms with Crippen molar-refractivity contribution in [3.8, 4) is 0 Å². The van der Waals surface area contributed by atoms with E-state index in [1.54, 1.807) is 0 Å². The van der Waals surface area contributed by atoms with Crippen molar-refractivity contribution in [3.63, 3.8) is 0 Å². The number of likely N-dealkylation sites (tertiary alicyclic amines) is 2. The van der Waals surface area contributed by atoms with Gasteiger partial charge in [0.2, 0.25) is 5.91 Å². The molecule has 3 aliphatic rings. The minimum atomic E-state index is 0.00111.